The van der Waals surface area contributed by atoms with Crippen molar-refractivity contribution in [1.29, 1.82) is 0 Å². The fourth-order valence-corrected chi connectivity index (χ4v) is 6.28. The maximum Gasteiger partial charge on any atom is 0.0927 e. The Bertz CT molecular complexity index is 1600. The van der Waals surface area contributed by atoms with Crippen LogP contribution in [0.25, 0.3) is 0 Å². The molecule has 0 unspecified atom stereocenters. The van der Waals surface area contributed by atoms with E-state index in [1.165, 1.54) is 33.5 Å². The molecule has 6 aromatic carbocycles. The van der Waals surface area contributed by atoms with Gasteiger partial charge < -0.3 is 4.90 Å². The zero-order valence-corrected chi connectivity index (χ0v) is 23.7. The normalized spacial score (nSPS) is 11.7. The Kier molecular flexibility index (Phi) is 7.27. The van der Waals surface area contributed by atoms with Crippen LogP contribution in [0.1, 0.15) is 41.7 Å². The van der Waals surface area contributed by atoms with E-state index in [1.807, 2.05) is 0 Å². The molecule has 0 amide bonds. The van der Waals surface area contributed by atoms with Gasteiger partial charge in [0.1, 0.15) is 0 Å². The Balaban J connectivity index is 1.70. The van der Waals surface area contributed by atoms with E-state index in [4.69, 9.17) is 0 Å². The molecule has 0 radical (unpaired) electrons. The van der Waals surface area contributed by atoms with E-state index in [0.717, 1.165) is 5.69 Å². The molecule has 0 spiro atoms. The Morgan fingerprint density at radius 1 is 0.366 bits per heavy atom. The van der Waals surface area contributed by atoms with E-state index in [9.17, 15) is 0 Å². The molecule has 200 valence electrons. The Labute approximate surface area is 244 Å². The van der Waals surface area contributed by atoms with Gasteiger partial charge in [-0.25, -0.2) is 0 Å². The smallest absolute Gasteiger partial charge is 0.0927 e. The minimum Gasteiger partial charge on any atom is -0.327 e. The lowest BCUT2D eigenvalue weighted by Crippen LogP contribution is -2.43. The second kappa shape index (κ2) is 11.3. The van der Waals surface area contributed by atoms with Crippen LogP contribution in [-0.2, 0) is 11.0 Å². The molecule has 0 aliphatic rings. The van der Waals surface area contributed by atoms with E-state index in [2.05, 4.69) is 195 Å². The third-order valence-corrected chi connectivity index (χ3v) is 8.52. The van der Waals surface area contributed by atoms with Crippen molar-refractivity contribution in [2.45, 2.75) is 24.8 Å². The first-order chi connectivity index (χ1) is 20.1. The lowest BCUT2D eigenvalue weighted by molar-refractivity contribution is 0.573. The van der Waals surface area contributed by atoms with Crippen molar-refractivity contribution in [1.82, 2.24) is 0 Å². The third kappa shape index (κ3) is 4.74. The van der Waals surface area contributed by atoms with Gasteiger partial charge in [-0.3, -0.25) is 0 Å². The first-order valence-corrected chi connectivity index (χ1v) is 14.3. The summed E-state index contributed by atoms with van der Waals surface area (Å²) in [6.45, 7) is 4.71. The first-order valence-electron chi connectivity index (χ1n) is 14.3. The van der Waals surface area contributed by atoms with Crippen LogP contribution in [0.3, 0.4) is 0 Å². The molecule has 0 bridgehead atoms. The second-order valence-corrected chi connectivity index (χ2v) is 10.8. The molecule has 0 atom stereocenters. The molecule has 0 fully saturated rings. The van der Waals surface area contributed by atoms with Gasteiger partial charge in [-0.05, 0) is 59.9 Å². The van der Waals surface area contributed by atoms with E-state index < -0.39 is 11.0 Å². The van der Waals surface area contributed by atoms with Crippen molar-refractivity contribution < 1.29 is 0 Å². The predicted molar refractivity (Wildman–Crippen MR) is 173 cm³/mol. The fraction of sp³-hybridized carbons (Fsp3) is 0.100. The molecule has 0 N–H and O–H groups in total. The molecule has 6 rings (SSSR count). The van der Waals surface area contributed by atoms with Gasteiger partial charge in [0.15, 0.2) is 0 Å². The molecule has 0 aromatic heterocycles. The van der Waals surface area contributed by atoms with Crippen LogP contribution in [0.15, 0.2) is 176 Å². The van der Waals surface area contributed by atoms with E-state index in [1.54, 1.807) is 0 Å². The highest BCUT2D eigenvalue weighted by molar-refractivity contribution is 5.75. The van der Waals surface area contributed by atoms with E-state index in [-0.39, 0.29) is 0 Å². The van der Waals surface area contributed by atoms with Gasteiger partial charge in [0.2, 0.25) is 0 Å². The average molecular weight is 530 g/mol. The van der Waals surface area contributed by atoms with Gasteiger partial charge in [0, 0.05) is 16.8 Å². The van der Waals surface area contributed by atoms with Crippen molar-refractivity contribution in [3.8, 4) is 0 Å². The third-order valence-electron chi connectivity index (χ3n) is 8.52. The summed E-state index contributed by atoms with van der Waals surface area (Å²) in [5.41, 5.74) is 7.62. The van der Waals surface area contributed by atoms with Gasteiger partial charge in [-0.15, -0.1) is 0 Å². The van der Waals surface area contributed by atoms with Crippen molar-refractivity contribution >= 4 is 11.4 Å². The predicted octanol–water partition coefficient (Wildman–Crippen LogP) is 10.1. The van der Waals surface area contributed by atoms with Crippen LogP contribution in [-0.4, -0.2) is 0 Å². The summed E-state index contributed by atoms with van der Waals surface area (Å²) in [4.78, 5) is 2.54. The average Bonchev–Trinajstić information content (AvgIpc) is 3.07. The van der Waals surface area contributed by atoms with Gasteiger partial charge in [-0.2, -0.15) is 0 Å². The van der Waals surface area contributed by atoms with Gasteiger partial charge in [-0.1, -0.05) is 158 Å². The molecule has 1 heteroatoms. The highest BCUT2D eigenvalue weighted by atomic mass is 15.2. The standard InChI is InChI=1S/C40H35N/c1-39(32-20-8-3-9-21-32,33-22-10-4-11-23-33)37-30-18-19-31-38(37)41(36-28-16-7-17-29-36)40(2,34-24-12-5-13-25-34)35-26-14-6-15-27-35/h3-31H,1-2H3. The van der Waals surface area contributed by atoms with Crippen LogP contribution in [0.2, 0.25) is 0 Å². The molecule has 0 aliphatic carbocycles. The number of rotatable bonds is 8. The lowest BCUT2D eigenvalue weighted by atomic mass is 9.70. The van der Waals surface area contributed by atoms with Crippen molar-refractivity contribution in [2.75, 3.05) is 4.90 Å². The number of benzene rings is 6. The number of para-hydroxylation sites is 2. The highest BCUT2D eigenvalue weighted by Crippen LogP contribution is 2.50. The number of nitrogens with zero attached hydrogens (tertiary/aromatic N) is 1. The zero-order chi connectivity index (χ0) is 28.1. The second-order valence-electron chi connectivity index (χ2n) is 10.8. The monoisotopic (exact) mass is 529 g/mol. The number of anilines is 2. The van der Waals surface area contributed by atoms with Crippen molar-refractivity contribution in [3.05, 3.63) is 204 Å². The van der Waals surface area contributed by atoms with Crippen LogP contribution in [0, 0.1) is 0 Å². The zero-order valence-electron chi connectivity index (χ0n) is 23.7. The topological polar surface area (TPSA) is 3.24 Å². The molecule has 0 saturated carbocycles. The maximum absolute atomic E-state index is 2.54. The van der Waals surface area contributed by atoms with Gasteiger partial charge in [0.25, 0.3) is 0 Å². The maximum atomic E-state index is 2.54. The summed E-state index contributed by atoms with van der Waals surface area (Å²) in [5.74, 6) is 0. The summed E-state index contributed by atoms with van der Waals surface area (Å²) in [6.07, 6.45) is 0. The minimum absolute atomic E-state index is 0.402. The molecular formula is C40H35N. The Morgan fingerprint density at radius 3 is 1.15 bits per heavy atom. The molecule has 41 heavy (non-hydrogen) atoms. The SMILES string of the molecule is CC(c1ccccc1)(c1ccccc1)c1ccccc1N(c1ccccc1)C(C)(c1ccccc1)c1ccccc1. The minimum atomic E-state index is -0.506. The molecule has 1 nitrogen and oxygen atoms in total. The van der Waals surface area contributed by atoms with E-state index in [0.29, 0.717) is 0 Å². The van der Waals surface area contributed by atoms with Crippen LogP contribution < -0.4 is 4.90 Å². The summed E-state index contributed by atoms with van der Waals surface area (Å²) >= 11 is 0. The summed E-state index contributed by atoms with van der Waals surface area (Å²) in [7, 11) is 0. The molecule has 0 aliphatic heterocycles. The van der Waals surface area contributed by atoms with Crippen molar-refractivity contribution in [3.63, 3.8) is 0 Å². The van der Waals surface area contributed by atoms with Crippen LogP contribution in [0.4, 0.5) is 11.4 Å². The largest absolute Gasteiger partial charge is 0.327 e. The first kappa shape index (κ1) is 26.3. The lowest BCUT2D eigenvalue weighted by Gasteiger charge is -2.46. The number of hydrogen-bond donors (Lipinski definition) is 0. The van der Waals surface area contributed by atoms with Gasteiger partial charge >= 0.3 is 0 Å². The molecule has 0 heterocycles. The summed E-state index contributed by atoms with van der Waals surface area (Å²) in [6, 6.07) is 63.3. The van der Waals surface area contributed by atoms with Gasteiger partial charge in [0.05, 0.1) is 5.54 Å². The Hall–Kier alpha value is -4.88. The summed E-state index contributed by atoms with van der Waals surface area (Å²) in [5, 5.41) is 0. The highest BCUT2D eigenvalue weighted by Gasteiger charge is 2.41. The molecule has 6 aromatic rings. The fourth-order valence-electron chi connectivity index (χ4n) is 6.28. The van der Waals surface area contributed by atoms with E-state index >= 15 is 0 Å². The van der Waals surface area contributed by atoms with Crippen LogP contribution >= 0.6 is 0 Å². The van der Waals surface area contributed by atoms with Crippen molar-refractivity contribution in [2.24, 2.45) is 0 Å². The molecule has 0 saturated heterocycles. The Morgan fingerprint density at radius 2 is 0.707 bits per heavy atom. The summed E-state index contributed by atoms with van der Waals surface area (Å²) < 4.78 is 0. The molecular weight excluding hydrogens is 494 g/mol. The quantitative estimate of drug-likeness (QED) is 0.177. The van der Waals surface area contributed by atoms with Crippen LogP contribution in [0.5, 0.6) is 0 Å². The number of hydrogen-bond acceptors (Lipinski definition) is 1.